The highest BCUT2D eigenvalue weighted by Gasteiger charge is 2.43. The first kappa shape index (κ1) is 8.29. The van der Waals surface area contributed by atoms with Crippen LogP contribution in [0.25, 0.3) is 0 Å². The van der Waals surface area contributed by atoms with E-state index in [4.69, 9.17) is 0 Å². The smallest absolute Gasteiger partial charge is 0.223 e. The number of amides is 1. The summed E-state index contributed by atoms with van der Waals surface area (Å²) in [6.45, 7) is 0. The average molecular weight is 179 g/mol. The second-order valence-electron chi connectivity index (χ2n) is 3.51. The molecule has 4 heteroatoms. The van der Waals surface area contributed by atoms with Gasteiger partial charge in [0, 0.05) is 26.2 Å². The van der Waals surface area contributed by atoms with Crippen molar-refractivity contribution in [3.05, 3.63) is 18.0 Å². The fraction of sp³-hybridized carbons (Fsp3) is 0.556. The number of hydrogen-bond donors (Lipinski definition) is 1. The lowest BCUT2D eigenvalue weighted by atomic mass is 10.2. The summed E-state index contributed by atoms with van der Waals surface area (Å²) in [5.74, 6) is 0.719. The molecule has 0 spiro atoms. The van der Waals surface area contributed by atoms with Gasteiger partial charge in [-0.25, -0.2) is 0 Å². The largest absolute Gasteiger partial charge is 0.359 e. The predicted octanol–water partition coefficient (Wildman–Crippen LogP) is 0.270. The molecular weight excluding hydrogens is 166 g/mol. The first-order chi connectivity index (χ1) is 6.22. The molecule has 1 amide bonds. The van der Waals surface area contributed by atoms with Gasteiger partial charge in [-0.05, 0) is 17.9 Å². The summed E-state index contributed by atoms with van der Waals surface area (Å²) in [6, 6.07) is 0. The number of nitrogens with one attached hydrogen (secondary N) is 1. The molecule has 0 radical (unpaired) electrons. The number of hydrogen-bond acceptors (Lipinski definition) is 2. The van der Waals surface area contributed by atoms with Crippen molar-refractivity contribution in [3.8, 4) is 0 Å². The second-order valence-corrected chi connectivity index (χ2v) is 3.51. The van der Waals surface area contributed by atoms with Crippen molar-refractivity contribution in [2.24, 2.45) is 13.0 Å². The lowest BCUT2D eigenvalue weighted by molar-refractivity contribution is -0.121. The van der Waals surface area contributed by atoms with E-state index in [-0.39, 0.29) is 11.8 Å². The number of carbonyl (C=O) groups excluding carboxylic acids is 1. The van der Waals surface area contributed by atoms with Crippen LogP contribution in [0, 0.1) is 5.92 Å². The zero-order valence-corrected chi connectivity index (χ0v) is 7.82. The van der Waals surface area contributed by atoms with Gasteiger partial charge in [0.25, 0.3) is 0 Å². The molecule has 1 aliphatic rings. The maximum atomic E-state index is 11.2. The third-order valence-electron chi connectivity index (χ3n) is 2.53. The monoisotopic (exact) mass is 179 g/mol. The van der Waals surface area contributed by atoms with E-state index in [1.54, 1.807) is 11.7 Å². The molecule has 2 atom stereocenters. The molecule has 0 bridgehead atoms. The molecule has 2 unspecified atom stereocenters. The molecule has 1 aliphatic carbocycles. The minimum absolute atomic E-state index is 0.147. The van der Waals surface area contributed by atoms with Gasteiger partial charge in [-0.2, -0.15) is 5.10 Å². The molecular formula is C9H13N3O. The molecule has 1 heterocycles. The van der Waals surface area contributed by atoms with Crippen molar-refractivity contribution < 1.29 is 4.79 Å². The van der Waals surface area contributed by atoms with Crippen LogP contribution < -0.4 is 5.32 Å². The maximum Gasteiger partial charge on any atom is 0.223 e. The van der Waals surface area contributed by atoms with Crippen molar-refractivity contribution in [3.63, 3.8) is 0 Å². The first-order valence-electron chi connectivity index (χ1n) is 4.42. The first-order valence-corrected chi connectivity index (χ1v) is 4.42. The molecule has 0 aliphatic heterocycles. The highest BCUT2D eigenvalue weighted by Crippen LogP contribution is 2.47. The SMILES string of the molecule is CNC(=O)C1CC1c1cnn(C)c1. The average Bonchev–Trinajstić information content (AvgIpc) is 2.82. The van der Waals surface area contributed by atoms with Crippen molar-refractivity contribution in [2.75, 3.05) is 7.05 Å². The number of aromatic nitrogens is 2. The van der Waals surface area contributed by atoms with Gasteiger partial charge in [-0.3, -0.25) is 9.48 Å². The van der Waals surface area contributed by atoms with Gasteiger partial charge in [-0.15, -0.1) is 0 Å². The molecule has 1 fully saturated rings. The third-order valence-corrected chi connectivity index (χ3v) is 2.53. The minimum atomic E-state index is 0.147. The van der Waals surface area contributed by atoms with E-state index in [9.17, 15) is 4.79 Å². The summed E-state index contributed by atoms with van der Waals surface area (Å²) in [4.78, 5) is 11.2. The van der Waals surface area contributed by atoms with Crippen molar-refractivity contribution in [1.82, 2.24) is 15.1 Å². The van der Waals surface area contributed by atoms with Gasteiger partial charge in [-0.1, -0.05) is 0 Å². The molecule has 1 aromatic heterocycles. The van der Waals surface area contributed by atoms with E-state index in [2.05, 4.69) is 10.4 Å². The Morgan fingerprint density at radius 3 is 3.08 bits per heavy atom. The van der Waals surface area contributed by atoms with Crippen molar-refractivity contribution in [1.29, 1.82) is 0 Å². The topological polar surface area (TPSA) is 46.9 Å². The summed E-state index contributed by atoms with van der Waals surface area (Å²) in [5.41, 5.74) is 1.18. The van der Waals surface area contributed by atoms with E-state index in [0.29, 0.717) is 5.92 Å². The molecule has 0 saturated heterocycles. The van der Waals surface area contributed by atoms with Crippen LogP contribution in [0.3, 0.4) is 0 Å². The van der Waals surface area contributed by atoms with Gasteiger partial charge in [0.2, 0.25) is 5.91 Å². The van der Waals surface area contributed by atoms with E-state index in [1.165, 1.54) is 5.56 Å². The minimum Gasteiger partial charge on any atom is -0.359 e. The number of aryl methyl sites for hydroxylation is 1. The Kier molecular flexibility index (Phi) is 1.83. The van der Waals surface area contributed by atoms with Crippen LogP contribution in [0.1, 0.15) is 17.9 Å². The predicted molar refractivity (Wildman–Crippen MR) is 48.1 cm³/mol. The summed E-state index contributed by atoms with van der Waals surface area (Å²) >= 11 is 0. The Labute approximate surface area is 76.9 Å². The van der Waals surface area contributed by atoms with Crippen LogP contribution in [0.2, 0.25) is 0 Å². The highest BCUT2D eigenvalue weighted by atomic mass is 16.1. The Morgan fingerprint density at radius 1 is 1.77 bits per heavy atom. The molecule has 4 nitrogen and oxygen atoms in total. The summed E-state index contributed by atoms with van der Waals surface area (Å²) in [7, 11) is 3.57. The van der Waals surface area contributed by atoms with Gasteiger partial charge in [0.1, 0.15) is 0 Å². The Morgan fingerprint density at radius 2 is 2.54 bits per heavy atom. The highest BCUT2D eigenvalue weighted by molar-refractivity contribution is 5.82. The molecule has 1 aromatic rings. The van der Waals surface area contributed by atoms with E-state index >= 15 is 0 Å². The lowest BCUT2D eigenvalue weighted by Crippen LogP contribution is -2.20. The van der Waals surface area contributed by atoms with Crippen LogP contribution in [-0.2, 0) is 11.8 Å². The van der Waals surface area contributed by atoms with Gasteiger partial charge in [0.15, 0.2) is 0 Å². The van der Waals surface area contributed by atoms with Crippen LogP contribution in [0.15, 0.2) is 12.4 Å². The van der Waals surface area contributed by atoms with Crippen LogP contribution >= 0.6 is 0 Å². The van der Waals surface area contributed by atoms with Gasteiger partial charge >= 0.3 is 0 Å². The van der Waals surface area contributed by atoms with Gasteiger partial charge in [0.05, 0.1) is 6.20 Å². The van der Waals surface area contributed by atoms with Crippen molar-refractivity contribution >= 4 is 5.91 Å². The maximum absolute atomic E-state index is 11.2. The standard InChI is InChI=1S/C9H13N3O/c1-10-9(13)8-3-7(8)6-4-11-12(2)5-6/h4-5,7-8H,3H2,1-2H3,(H,10,13). The summed E-state index contributed by atoms with van der Waals surface area (Å²) in [6.07, 6.45) is 4.78. The molecule has 2 rings (SSSR count). The van der Waals surface area contributed by atoms with Crippen LogP contribution in [0.5, 0.6) is 0 Å². The Balaban J connectivity index is 2.04. The number of carbonyl (C=O) groups is 1. The van der Waals surface area contributed by atoms with E-state index in [0.717, 1.165) is 6.42 Å². The molecule has 13 heavy (non-hydrogen) atoms. The fourth-order valence-corrected chi connectivity index (χ4v) is 1.67. The van der Waals surface area contributed by atoms with Crippen molar-refractivity contribution in [2.45, 2.75) is 12.3 Å². The Bertz CT molecular complexity index is 331. The second kappa shape index (κ2) is 2.87. The van der Waals surface area contributed by atoms with E-state index in [1.807, 2.05) is 19.4 Å². The third kappa shape index (κ3) is 1.43. The molecule has 1 N–H and O–H groups in total. The van der Waals surface area contributed by atoms with E-state index < -0.39 is 0 Å². The summed E-state index contributed by atoms with van der Waals surface area (Å²) in [5, 5.41) is 6.75. The van der Waals surface area contributed by atoms with Gasteiger partial charge < -0.3 is 5.32 Å². The number of nitrogens with zero attached hydrogens (tertiary/aromatic N) is 2. The zero-order valence-electron chi connectivity index (χ0n) is 7.82. The van der Waals surface area contributed by atoms with Crippen LogP contribution in [0.4, 0.5) is 0 Å². The zero-order chi connectivity index (χ0) is 9.42. The summed E-state index contributed by atoms with van der Waals surface area (Å²) < 4.78 is 1.77. The normalized spacial score (nSPS) is 25.7. The number of rotatable bonds is 2. The molecule has 0 aromatic carbocycles. The van der Waals surface area contributed by atoms with Crippen LogP contribution in [-0.4, -0.2) is 22.7 Å². The Hall–Kier alpha value is -1.32. The quantitative estimate of drug-likeness (QED) is 0.708. The molecule has 1 saturated carbocycles. The fourth-order valence-electron chi connectivity index (χ4n) is 1.67. The lowest BCUT2D eigenvalue weighted by Gasteiger charge is -1.95. The molecule has 70 valence electrons.